The Bertz CT molecular complexity index is 779. The van der Waals surface area contributed by atoms with E-state index in [9.17, 15) is 15.0 Å². The molecule has 8 nitrogen and oxygen atoms in total. The van der Waals surface area contributed by atoms with Gasteiger partial charge in [0, 0.05) is 30.3 Å². The second-order valence-electron chi connectivity index (χ2n) is 6.51. The minimum atomic E-state index is -0.614. The Morgan fingerprint density at radius 2 is 1.92 bits per heavy atom. The Hall–Kier alpha value is -2.74. The number of aromatic amines is 1. The van der Waals surface area contributed by atoms with Crippen molar-refractivity contribution in [3.05, 3.63) is 35.2 Å². The SMILES string of the molecule is COc1cc(C(=O)N2C[C@@H](Cc3cc(C)[nH]n3)[C@H](O)C2)cc(OC)c1O. The number of β-amino-alcohol motifs (C(OH)–C–C–N with tert-alkyl or cyclic N) is 1. The number of likely N-dealkylation sites (tertiary alicyclic amines) is 1. The first kappa shape index (κ1) is 18.1. The van der Waals surface area contributed by atoms with E-state index < -0.39 is 6.10 Å². The number of nitrogens with one attached hydrogen (secondary N) is 1. The highest BCUT2D eigenvalue weighted by molar-refractivity contribution is 5.95. The number of carbonyl (C=O) groups excluding carboxylic acids is 1. The number of hydrogen-bond donors (Lipinski definition) is 3. The van der Waals surface area contributed by atoms with Gasteiger partial charge in [0.25, 0.3) is 5.91 Å². The van der Waals surface area contributed by atoms with Crippen LogP contribution < -0.4 is 9.47 Å². The van der Waals surface area contributed by atoms with Gasteiger partial charge in [0.05, 0.1) is 26.0 Å². The highest BCUT2D eigenvalue weighted by atomic mass is 16.5. The molecule has 0 spiro atoms. The van der Waals surface area contributed by atoms with Gasteiger partial charge in [-0.3, -0.25) is 9.89 Å². The number of rotatable bonds is 5. The second-order valence-corrected chi connectivity index (χ2v) is 6.51. The number of carbonyl (C=O) groups is 1. The van der Waals surface area contributed by atoms with E-state index in [1.165, 1.54) is 26.4 Å². The molecule has 140 valence electrons. The number of aryl methyl sites for hydroxylation is 1. The van der Waals surface area contributed by atoms with Crippen LogP contribution in [0, 0.1) is 12.8 Å². The normalized spacial score (nSPS) is 19.6. The fourth-order valence-corrected chi connectivity index (χ4v) is 3.27. The summed E-state index contributed by atoms with van der Waals surface area (Å²) in [5, 5.41) is 27.4. The molecule has 2 aromatic rings. The number of aromatic hydroxyl groups is 1. The average molecular weight is 361 g/mol. The minimum absolute atomic E-state index is 0.0810. The van der Waals surface area contributed by atoms with E-state index in [0.29, 0.717) is 18.5 Å². The molecule has 1 aromatic heterocycles. The van der Waals surface area contributed by atoms with Crippen molar-refractivity contribution < 1.29 is 24.5 Å². The van der Waals surface area contributed by atoms with E-state index in [1.54, 1.807) is 4.90 Å². The van der Waals surface area contributed by atoms with Gasteiger partial charge in [-0.1, -0.05) is 0 Å². The lowest BCUT2D eigenvalue weighted by atomic mass is 10.0. The Kier molecular flexibility index (Phi) is 5.03. The number of benzene rings is 1. The number of hydrogen-bond acceptors (Lipinski definition) is 6. The molecule has 0 bridgehead atoms. The van der Waals surface area contributed by atoms with E-state index in [0.717, 1.165) is 11.4 Å². The molecule has 2 heterocycles. The fraction of sp³-hybridized carbons (Fsp3) is 0.444. The van der Waals surface area contributed by atoms with Gasteiger partial charge < -0.3 is 24.6 Å². The minimum Gasteiger partial charge on any atom is -0.502 e. The number of amides is 1. The Morgan fingerprint density at radius 3 is 2.46 bits per heavy atom. The van der Waals surface area contributed by atoms with Crippen LogP contribution in [0.2, 0.25) is 0 Å². The number of methoxy groups -OCH3 is 2. The molecule has 0 radical (unpaired) electrons. The van der Waals surface area contributed by atoms with Crippen molar-refractivity contribution in [3.63, 3.8) is 0 Å². The third kappa shape index (κ3) is 3.45. The van der Waals surface area contributed by atoms with Gasteiger partial charge in [-0.2, -0.15) is 5.10 Å². The van der Waals surface area contributed by atoms with E-state index in [-0.39, 0.29) is 35.6 Å². The molecule has 8 heteroatoms. The standard InChI is InChI=1S/C18H23N3O5/c1-10-4-13(20-19-10)5-12-8-21(9-14(12)22)18(24)11-6-15(25-2)17(23)16(7-11)26-3/h4,6-7,12,14,22-23H,5,8-9H2,1-3H3,(H,19,20)/t12-,14-/m1/s1. The van der Waals surface area contributed by atoms with Crippen LogP contribution in [0.25, 0.3) is 0 Å². The average Bonchev–Trinajstić information content (AvgIpc) is 3.20. The first-order valence-corrected chi connectivity index (χ1v) is 8.36. The smallest absolute Gasteiger partial charge is 0.254 e. The third-order valence-corrected chi connectivity index (χ3v) is 4.65. The van der Waals surface area contributed by atoms with Crippen LogP contribution in [0.15, 0.2) is 18.2 Å². The third-order valence-electron chi connectivity index (χ3n) is 4.65. The Balaban J connectivity index is 1.76. The summed E-state index contributed by atoms with van der Waals surface area (Å²) in [6.07, 6.45) is -0.0193. The monoisotopic (exact) mass is 361 g/mol. The van der Waals surface area contributed by atoms with E-state index >= 15 is 0 Å². The zero-order chi connectivity index (χ0) is 18.8. The lowest BCUT2D eigenvalue weighted by Gasteiger charge is -2.18. The molecule has 0 aliphatic carbocycles. The first-order chi connectivity index (χ1) is 12.4. The summed E-state index contributed by atoms with van der Waals surface area (Å²) in [7, 11) is 2.81. The van der Waals surface area contributed by atoms with Crippen LogP contribution in [0.1, 0.15) is 21.7 Å². The molecular formula is C18H23N3O5. The molecule has 1 aromatic carbocycles. The number of H-pyrrole nitrogens is 1. The van der Waals surface area contributed by atoms with Crippen LogP contribution in [0.5, 0.6) is 17.2 Å². The zero-order valence-electron chi connectivity index (χ0n) is 15.0. The van der Waals surface area contributed by atoms with Gasteiger partial charge in [-0.25, -0.2) is 0 Å². The molecule has 1 saturated heterocycles. The van der Waals surface area contributed by atoms with Gasteiger partial charge in [0.2, 0.25) is 5.75 Å². The lowest BCUT2D eigenvalue weighted by Crippen LogP contribution is -2.29. The van der Waals surface area contributed by atoms with Crippen LogP contribution >= 0.6 is 0 Å². The summed E-state index contributed by atoms with van der Waals surface area (Å²) in [6, 6.07) is 4.88. The van der Waals surface area contributed by atoms with Gasteiger partial charge in [0.15, 0.2) is 11.5 Å². The van der Waals surface area contributed by atoms with E-state index in [2.05, 4.69) is 10.2 Å². The topological polar surface area (TPSA) is 108 Å². The molecule has 1 amide bonds. The lowest BCUT2D eigenvalue weighted by molar-refractivity contribution is 0.0764. The maximum atomic E-state index is 12.8. The highest BCUT2D eigenvalue weighted by Gasteiger charge is 2.35. The van der Waals surface area contributed by atoms with Gasteiger partial charge in [-0.05, 0) is 31.5 Å². The zero-order valence-corrected chi connectivity index (χ0v) is 15.0. The molecule has 1 aliphatic rings. The van der Waals surface area contributed by atoms with Crippen molar-refractivity contribution in [2.45, 2.75) is 19.4 Å². The Labute approximate surface area is 151 Å². The van der Waals surface area contributed by atoms with Crippen molar-refractivity contribution in [2.24, 2.45) is 5.92 Å². The molecule has 26 heavy (non-hydrogen) atoms. The van der Waals surface area contributed by atoms with Crippen molar-refractivity contribution in [1.82, 2.24) is 15.1 Å². The number of nitrogens with zero attached hydrogens (tertiary/aromatic N) is 2. The predicted octanol–water partition coefficient (Wildman–Crippen LogP) is 1.12. The summed E-state index contributed by atoms with van der Waals surface area (Å²) in [5.74, 6) is -0.157. The maximum Gasteiger partial charge on any atom is 0.254 e. The Morgan fingerprint density at radius 1 is 1.27 bits per heavy atom. The molecule has 0 saturated carbocycles. The van der Waals surface area contributed by atoms with Crippen LogP contribution in [0.4, 0.5) is 0 Å². The quantitative estimate of drug-likeness (QED) is 0.736. The summed E-state index contributed by atoms with van der Waals surface area (Å²) >= 11 is 0. The first-order valence-electron chi connectivity index (χ1n) is 8.36. The molecule has 1 fully saturated rings. The van der Waals surface area contributed by atoms with Gasteiger partial charge in [0.1, 0.15) is 0 Å². The van der Waals surface area contributed by atoms with Crippen molar-refractivity contribution in [3.8, 4) is 17.2 Å². The summed E-state index contributed by atoms with van der Waals surface area (Å²) in [6.45, 7) is 2.60. The molecule has 1 aliphatic heterocycles. The number of phenolic OH excluding ortho intramolecular Hbond substituents is 1. The second kappa shape index (κ2) is 7.25. The number of aliphatic hydroxyl groups excluding tert-OH is 1. The van der Waals surface area contributed by atoms with Gasteiger partial charge >= 0.3 is 0 Å². The largest absolute Gasteiger partial charge is 0.502 e. The number of phenols is 1. The molecular weight excluding hydrogens is 338 g/mol. The molecule has 2 atom stereocenters. The van der Waals surface area contributed by atoms with E-state index in [4.69, 9.17) is 9.47 Å². The van der Waals surface area contributed by atoms with Crippen LogP contribution in [0.3, 0.4) is 0 Å². The number of aliphatic hydroxyl groups is 1. The van der Waals surface area contributed by atoms with Gasteiger partial charge in [-0.15, -0.1) is 0 Å². The van der Waals surface area contributed by atoms with Crippen molar-refractivity contribution >= 4 is 5.91 Å². The predicted molar refractivity (Wildman–Crippen MR) is 93.6 cm³/mol. The molecule has 0 unspecified atom stereocenters. The molecule has 3 rings (SSSR count). The fourth-order valence-electron chi connectivity index (χ4n) is 3.27. The van der Waals surface area contributed by atoms with Crippen LogP contribution in [-0.4, -0.2) is 64.6 Å². The summed E-state index contributed by atoms with van der Waals surface area (Å²) in [4.78, 5) is 14.4. The highest BCUT2D eigenvalue weighted by Crippen LogP contribution is 2.37. The number of ether oxygens (including phenoxy) is 2. The summed E-state index contributed by atoms with van der Waals surface area (Å²) in [5.41, 5.74) is 2.16. The van der Waals surface area contributed by atoms with Crippen LogP contribution in [-0.2, 0) is 6.42 Å². The van der Waals surface area contributed by atoms with Crippen molar-refractivity contribution in [2.75, 3.05) is 27.3 Å². The molecule has 3 N–H and O–H groups in total. The maximum absolute atomic E-state index is 12.8. The van der Waals surface area contributed by atoms with E-state index in [1.807, 2.05) is 13.0 Å². The van der Waals surface area contributed by atoms with Crippen molar-refractivity contribution in [1.29, 1.82) is 0 Å². The summed E-state index contributed by atoms with van der Waals surface area (Å²) < 4.78 is 10.2. The number of aromatic nitrogens is 2.